The number of rotatable bonds is 9. The van der Waals surface area contributed by atoms with E-state index < -0.39 is 41.0 Å². The van der Waals surface area contributed by atoms with Gasteiger partial charge in [-0.1, -0.05) is 33.3 Å². The topological polar surface area (TPSA) is 84.5 Å². The van der Waals surface area contributed by atoms with Crippen LogP contribution in [0.25, 0.3) is 0 Å². The van der Waals surface area contributed by atoms with Crippen molar-refractivity contribution in [2.45, 2.75) is 39.7 Å². The standard InChI is InChI=1S/C23H26F2N2O4/c1-4-5-13-31-23(30)15-9-11-16(12-10-15)26-22(29)20(14(2)3)27-21(28)19-17(24)7-6-8-18(19)25/h6-12,14,20H,4-5,13H2,1-3H3,(H,26,29)(H,27,28). The fraction of sp³-hybridized carbons (Fsp3) is 0.348. The van der Waals surface area contributed by atoms with Gasteiger partial charge in [0, 0.05) is 5.69 Å². The summed E-state index contributed by atoms with van der Waals surface area (Å²) in [7, 11) is 0. The van der Waals surface area contributed by atoms with Crippen LogP contribution in [0.4, 0.5) is 14.5 Å². The number of benzene rings is 2. The molecule has 2 aromatic carbocycles. The van der Waals surface area contributed by atoms with Crippen LogP contribution >= 0.6 is 0 Å². The minimum absolute atomic E-state index is 0.339. The summed E-state index contributed by atoms with van der Waals surface area (Å²) in [4.78, 5) is 37.0. The largest absolute Gasteiger partial charge is 0.462 e. The fourth-order valence-corrected chi connectivity index (χ4v) is 2.77. The van der Waals surface area contributed by atoms with E-state index in [9.17, 15) is 23.2 Å². The molecule has 0 saturated carbocycles. The van der Waals surface area contributed by atoms with Crippen molar-refractivity contribution < 1.29 is 27.9 Å². The van der Waals surface area contributed by atoms with Crippen molar-refractivity contribution in [3.8, 4) is 0 Å². The third-order valence-corrected chi connectivity index (χ3v) is 4.54. The Bertz CT molecular complexity index is 909. The monoisotopic (exact) mass is 432 g/mol. The summed E-state index contributed by atoms with van der Waals surface area (Å²) in [5.41, 5.74) is -0.00295. The molecule has 2 N–H and O–H groups in total. The molecule has 8 heteroatoms. The second-order valence-corrected chi connectivity index (χ2v) is 7.35. The Morgan fingerprint density at radius 2 is 1.61 bits per heavy atom. The van der Waals surface area contributed by atoms with E-state index in [2.05, 4.69) is 10.6 Å². The minimum atomic E-state index is -1.04. The summed E-state index contributed by atoms with van der Waals surface area (Å²) in [6, 6.07) is 8.15. The highest BCUT2D eigenvalue weighted by atomic mass is 19.1. The molecule has 0 aliphatic heterocycles. The second kappa shape index (κ2) is 11.2. The Morgan fingerprint density at radius 3 is 2.16 bits per heavy atom. The van der Waals surface area contributed by atoms with Crippen LogP contribution in [-0.4, -0.2) is 30.4 Å². The number of carbonyl (C=O) groups excluding carboxylic acids is 3. The molecule has 0 bridgehead atoms. The van der Waals surface area contributed by atoms with Gasteiger partial charge in [-0.15, -0.1) is 0 Å². The molecular weight excluding hydrogens is 406 g/mol. The molecular formula is C23H26F2N2O4. The van der Waals surface area contributed by atoms with Crippen molar-refractivity contribution >= 4 is 23.5 Å². The predicted molar refractivity (Wildman–Crippen MR) is 113 cm³/mol. The zero-order valence-corrected chi connectivity index (χ0v) is 17.7. The van der Waals surface area contributed by atoms with Gasteiger partial charge in [0.25, 0.3) is 5.91 Å². The lowest BCUT2D eigenvalue weighted by Gasteiger charge is -2.22. The van der Waals surface area contributed by atoms with Crippen molar-refractivity contribution in [1.82, 2.24) is 5.32 Å². The Balaban J connectivity index is 2.05. The quantitative estimate of drug-likeness (QED) is 0.457. The summed E-state index contributed by atoms with van der Waals surface area (Å²) in [5, 5.41) is 5.02. The number of hydrogen-bond acceptors (Lipinski definition) is 4. The van der Waals surface area contributed by atoms with E-state index in [-0.39, 0.29) is 5.92 Å². The minimum Gasteiger partial charge on any atom is -0.462 e. The zero-order valence-electron chi connectivity index (χ0n) is 17.7. The first-order chi connectivity index (χ1) is 14.7. The average molecular weight is 432 g/mol. The van der Waals surface area contributed by atoms with Crippen LogP contribution in [0, 0.1) is 17.6 Å². The summed E-state index contributed by atoms with van der Waals surface area (Å²) in [6.07, 6.45) is 1.69. The number of ether oxygens (including phenoxy) is 1. The van der Waals surface area contributed by atoms with Crippen molar-refractivity contribution in [3.05, 3.63) is 65.2 Å². The number of unbranched alkanes of at least 4 members (excludes halogenated alkanes) is 1. The zero-order chi connectivity index (χ0) is 23.0. The van der Waals surface area contributed by atoms with Crippen molar-refractivity contribution in [2.24, 2.45) is 5.92 Å². The molecule has 0 aliphatic rings. The number of esters is 1. The third kappa shape index (κ3) is 6.60. The molecule has 2 amide bonds. The van der Waals surface area contributed by atoms with Gasteiger partial charge < -0.3 is 15.4 Å². The lowest BCUT2D eigenvalue weighted by atomic mass is 10.0. The molecule has 1 unspecified atom stereocenters. The van der Waals surface area contributed by atoms with E-state index in [1.54, 1.807) is 13.8 Å². The predicted octanol–water partition coefficient (Wildman–Crippen LogP) is 4.31. The molecule has 0 spiro atoms. The number of hydrogen-bond donors (Lipinski definition) is 2. The molecule has 2 rings (SSSR count). The Hall–Kier alpha value is -3.29. The average Bonchev–Trinajstić information content (AvgIpc) is 2.72. The van der Waals surface area contributed by atoms with Gasteiger partial charge in [-0.05, 0) is 48.7 Å². The SMILES string of the molecule is CCCCOC(=O)c1ccc(NC(=O)C(NC(=O)c2c(F)cccc2F)C(C)C)cc1. The van der Waals surface area contributed by atoms with Gasteiger partial charge in [0.1, 0.15) is 23.2 Å². The Kier molecular flexibility index (Phi) is 8.66. The highest BCUT2D eigenvalue weighted by Gasteiger charge is 2.27. The van der Waals surface area contributed by atoms with Crippen molar-refractivity contribution in [3.63, 3.8) is 0 Å². The van der Waals surface area contributed by atoms with E-state index in [0.717, 1.165) is 31.0 Å². The fourth-order valence-electron chi connectivity index (χ4n) is 2.77. The van der Waals surface area contributed by atoms with Gasteiger partial charge in [0.2, 0.25) is 5.91 Å². The van der Waals surface area contributed by atoms with Crippen LogP contribution in [-0.2, 0) is 9.53 Å². The number of halogens is 2. The molecule has 0 heterocycles. The first-order valence-electron chi connectivity index (χ1n) is 10.1. The maximum Gasteiger partial charge on any atom is 0.338 e. The molecule has 0 radical (unpaired) electrons. The molecule has 1 atom stereocenters. The number of nitrogens with one attached hydrogen (secondary N) is 2. The lowest BCUT2D eigenvalue weighted by Crippen LogP contribution is -2.47. The van der Waals surface area contributed by atoms with Crippen LogP contribution in [0.1, 0.15) is 54.3 Å². The van der Waals surface area contributed by atoms with Gasteiger partial charge in [0.15, 0.2) is 0 Å². The van der Waals surface area contributed by atoms with Gasteiger partial charge in [0.05, 0.1) is 12.2 Å². The van der Waals surface area contributed by atoms with Crippen LogP contribution < -0.4 is 10.6 Å². The Morgan fingerprint density at radius 1 is 1.00 bits per heavy atom. The number of amides is 2. The Labute approximate surface area is 180 Å². The second-order valence-electron chi connectivity index (χ2n) is 7.35. The van der Waals surface area contributed by atoms with Gasteiger partial charge >= 0.3 is 5.97 Å². The summed E-state index contributed by atoms with van der Waals surface area (Å²) in [6.45, 7) is 5.71. The smallest absolute Gasteiger partial charge is 0.338 e. The maximum absolute atomic E-state index is 13.9. The molecule has 0 aliphatic carbocycles. The molecule has 0 aromatic heterocycles. The summed E-state index contributed by atoms with van der Waals surface area (Å²) in [5.74, 6) is -4.41. The normalized spacial score (nSPS) is 11.7. The summed E-state index contributed by atoms with van der Waals surface area (Å²) >= 11 is 0. The van der Waals surface area contributed by atoms with Crippen LogP contribution in [0.2, 0.25) is 0 Å². The van der Waals surface area contributed by atoms with Crippen molar-refractivity contribution in [1.29, 1.82) is 0 Å². The highest BCUT2D eigenvalue weighted by molar-refractivity contribution is 6.01. The van der Waals surface area contributed by atoms with E-state index in [4.69, 9.17) is 4.74 Å². The number of anilines is 1. The molecule has 0 fully saturated rings. The van der Waals surface area contributed by atoms with Crippen LogP contribution in [0.5, 0.6) is 0 Å². The van der Waals surface area contributed by atoms with Gasteiger partial charge in [-0.25, -0.2) is 13.6 Å². The van der Waals surface area contributed by atoms with Gasteiger partial charge in [-0.3, -0.25) is 9.59 Å². The van der Waals surface area contributed by atoms with E-state index in [1.165, 1.54) is 24.3 Å². The molecule has 31 heavy (non-hydrogen) atoms. The summed E-state index contributed by atoms with van der Waals surface area (Å²) < 4.78 is 32.9. The van der Waals surface area contributed by atoms with Crippen LogP contribution in [0.15, 0.2) is 42.5 Å². The maximum atomic E-state index is 13.9. The molecule has 166 valence electrons. The highest BCUT2D eigenvalue weighted by Crippen LogP contribution is 2.15. The van der Waals surface area contributed by atoms with Crippen molar-refractivity contribution in [2.75, 3.05) is 11.9 Å². The third-order valence-electron chi connectivity index (χ3n) is 4.54. The first kappa shape index (κ1) is 24.0. The molecule has 6 nitrogen and oxygen atoms in total. The lowest BCUT2D eigenvalue weighted by molar-refractivity contribution is -0.118. The number of carbonyl (C=O) groups is 3. The first-order valence-corrected chi connectivity index (χ1v) is 10.1. The molecule has 2 aromatic rings. The van der Waals surface area contributed by atoms with Gasteiger partial charge in [-0.2, -0.15) is 0 Å². The van der Waals surface area contributed by atoms with E-state index in [0.29, 0.717) is 17.9 Å². The van der Waals surface area contributed by atoms with Crippen LogP contribution in [0.3, 0.4) is 0 Å². The van der Waals surface area contributed by atoms with E-state index in [1.807, 2.05) is 6.92 Å². The van der Waals surface area contributed by atoms with E-state index >= 15 is 0 Å². The molecule has 0 saturated heterocycles.